The molecule has 0 bridgehead atoms. The summed E-state index contributed by atoms with van der Waals surface area (Å²) < 4.78 is 0. The predicted octanol–water partition coefficient (Wildman–Crippen LogP) is 0.852. The molecule has 1 aromatic rings. The second kappa shape index (κ2) is 4.62. The van der Waals surface area contributed by atoms with Crippen LogP contribution < -0.4 is 11.1 Å². The highest BCUT2D eigenvalue weighted by atomic mass is 16.3. The number of aryl methyl sites for hydroxylation is 1. The van der Waals surface area contributed by atoms with Crippen LogP contribution in [0.1, 0.15) is 12.5 Å². The van der Waals surface area contributed by atoms with Crippen molar-refractivity contribution < 1.29 is 9.90 Å². The number of aromatic hydroxyl groups is 1. The number of hydrogen-bond donors (Lipinski definition) is 3. The summed E-state index contributed by atoms with van der Waals surface area (Å²) >= 11 is 0. The molecule has 0 saturated carbocycles. The molecule has 0 aliphatic rings. The number of rotatable bonds is 3. The van der Waals surface area contributed by atoms with E-state index in [2.05, 4.69) is 5.32 Å². The van der Waals surface area contributed by atoms with Crippen molar-refractivity contribution >= 4 is 11.6 Å². The molecule has 1 rings (SSSR count). The van der Waals surface area contributed by atoms with Crippen LogP contribution in [0.3, 0.4) is 0 Å². The van der Waals surface area contributed by atoms with Gasteiger partial charge in [0.25, 0.3) is 0 Å². The maximum Gasteiger partial charge on any atom is 0.238 e. The van der Waals surface area contributed by atoms with Crippen LogP contribution in [-0.2, 0) is 11.2 Å². The Labute approximate surface area is 82.7 Å². The van der Waals surface area contributed by atoms with E-state index in [0.29, 0.717) is 5.69 Å². The number of benzene rings is 1. The van der Waals surface area contributed by atoms with Crippen molar-refractivity contribution in [3.63, 3.8) is 0 Å². The zero-order valence-electron chi connectivity index (χ0n) is 8.08. The lowest BCUT2D eigenvalue weighted by Gasteiger charge is -2.07. The van der Waals surface area contributed by atoms with Gasteiger partial charge in [-0.25, -0.2) is 0 Å². The number of carbonyl (C=O) groups excluding carboxylic acids is 1. The van der Waals surface area contributed by atoms with Gasteiger partial charge in [-0.05, 0) is 24.1 Å². The van der Waals surface area contributed by atoms with E-state index in [1.54, 1.807) is 12.1 Å². The minimum absolute atomic E-state index is 0.0593. The van der Waals surface area contributed by atoms with E-state index in [1.165, 1.54) is 0 Å². The van der Waals surface area contributed by atoms with Crippen molar-refractivity contribution in [2.24, 2.45) is 5.73 Å². The van der Waals surface area contributed by atoms with Gasteiger partial charge >= 0.3 is 0 Å². The topological polar surface area (TPSA) is 75.3 Å². The Balaban J connectivity index is 2.89. The number of phenolic OH excluding ortho intramolecular Hbond substituents is 1. The molecule has 76 valence electrons. The number of hydrogen-bond acceptors (Lipinski definition) is 3. The third-order valence-corrected chi connectivity index (χ3v) is 1.93. The summed E-state index contributed by atoms with van der Waals surface area (Å²) in [5, 5.41) is 11.9. The lowest BCUT2D eigenvalue weighted by molar-refractivity contribution is -0.114. The average Bonchev–Trinajstić information content (AvgIpc) is 2.21. The Morgan fingerprint density at radius 2 is 2.29 bits per heavy atom. The molecule has 4 nitrogen and oxygen atoms in total. The van der Waals surface area contributed by atoms with Crippen molar-refractivity contribution in [3.05, 3.63) is 23.8 Å². The lowest BCUT2D eigenvalue weighted by atomic mass is 10.1. The molecule has 0 fully saturated rings. The molecule has 0 unspecified atom stereocenters. The highest BCUT2D eigenvalue weighted by molar-refractivity contribution is 5.93. The van der Waals surface area contributed by atoms with Crippen LogP contribution in [-0.4, -0.2) is 17.6 Å². The number of carbonyl (C=O) groups is 1. The molecule has 1 aromatic carbocycles. The normalized spacial score (nSPS) is 9.86. The van der Waals surface area contributed by atoms with Gasteiger partial charge in [-0.15, -0.1) is 0 Å². The largest absolute Gasteiger partial charge is 0.506 e. The first-order valence-electron chi connectivity index (χ1n) is 4.49. The van der Waals surface area contributed by atoms with Gasteiger partial charge in [0.2, 0.25) is 5.91 Å². The first kappa shape index (κ1) is 10.5. The molecule has 0 radical (unpaired) electrons. The van der Waals surface area contributed by atoms with E-state index in [9.17, 15) is 9.90 Å². The third kappa shape index (κ3) is 2.47. The minimum atomic E-state index is -0.312. The van der Waals surface area contributed by atoms with Gasteiger partial charge in [-0.3, -0.25) is 4.79 Å². The molecule has 0 atom stereocenters. The predicted molar refractivity (Wildman–Crippen MR) is 55.2 cm³/mol. The van der Waals surface area contributed by atoms with E-state index < -0.39 is 0 Å². The fourth-order valence-electron chi connectivity index (χ4n) is 1.10. The van der Waals surface area contributed by atoms with Crippen LogP contribution >= 0.6 is 0 Å². The van der Waals surface area contributed by atoms with E-state index in [0.717, 1.165) is 12.0 Å². The molecule has 0 saturated heterocycles. The van der Waals surface area contributed by atoms with Gasteiger partial charge in [0.1, 0.15) is 5.75 Å². The Morgan fingerprint density at radius 3 is 2.86 bits per heavy atom. The van der Waals surface area contributed by atoms with Crippen molar-refractivity contribution in [2.45, 2.75) is 13.3 Å². The summed E-state index contributed by atoms with van der Waals surface area (Å²) in [6, 6.07) is 5.11. The molecule has 0 spiro atoms. The Kier molecular flexibility index (Phi) is 3.48. The Morgan fingerprint density at radius 1 is 1.57 bits per heavy atom. The zero-order valence-corrected chi connectivity index (χ0v) is 8.08. The molecule has 0 aliphatic carbocycles. The number of nitrogens with one attached hydrogen (secondary N) is 1. The van der Waals surface area contributed by atoms with Crippen molar-refractivity contribution in [1.29, 1.82) is 0 Å². The van der Waals surface area contributed by atoms with E-state index in [1.807, 2.05) is 13.0 Å². The summed E-state index contributed by atoms with van der Waals surface area (Å²) in [5.41, 5.74) is 6.61. The molecular formula is C10H14N2O2. The van der Waals surface area contributed by atoms with Gasteiger partial charge in [0.15, 0.2) is 0 Å². The fraction of sp³-hybridized carbons (Fsp3) is 0.300. The minimum Gasteiger partial charge on any atom is -0.506 e. The SMILES string of the molecule is CCc1ccc(O)c(NC(=O)CN)c1. The molecular weight excluding hydrogens is 180 g/mol. The standard InChI is InChI=1S/C10H14N2O2/c1-2-7-3-4-9(13)8(5-7)12-10(14)6-11/h3-5,13H,2,6,11H2,1H3,(H,12,14). The van der Waals surface area contributed by atoms with E-state index >= 15 is 0 Å². The quantitative estimate of drug-likeness (QED) is 0.624. The van der Waals surface area contributed by atoms with Crippen LogP contribution in [0.4, 0.5) is 5.69 Å². The van der Waals surface area contributed by atoms with Crippen LogP contribution in [0.2, 0.25) is 0 Å². The van der Waals surface area contributed by atoms with Crippen LogP contribution in [0.15, 0.2) is 18.2 Å². The highest BCUT2D eigenvalue weighted by Crippen LogP contribution is 2.24. The molecule has 0 aromatic heterocycles. The van der Waals surface area contributed by atoms with Crippen LogP contribution in [0, 0.1) is 0 Å². The van der Waals surface area contributed by atoms with Gasteiger partial charge in [-0.1, -0.05) is 13.0 Å². The molecule has 0 aliphatic heterocycles. The molecule has 14 heavy (non-hydrogen) atoms. The monoisotopic (exact) mass is 194 g/mol. The number of phenols is 1. The summed E-state index contributed by atoms with van der Waals surface area (Å²) in [4.78, 5) is 11.0. The molecule has 4 heteroatoms. The summed E-state index contributed by atoms with van der Waals surface area (Å²) in [5.74, 6) is -0.252. The lowest BCUT2D eigenvalue weighted by Crippen LogP contribution is -2.21. The van der Waals surface area contributed by atoms with Crippen LogP contribution in [0.25, 0.3) is 0 Å². The van der Waals surface area contributed by atoms with Gasteiger partial charge in [-0.2, -0.15) is 0 Å². The Hall–Kier alpha value is -1.55. The first-order chi connectivity index (χ1) is 6.67. The van der Waals surface area contributed by atoms with Crippen molar-refractivity contribution in [1.82, 2.24) is 0 Å². The summed E-state index contributed by atoms with van der Waals surface area (Å²) in [6.07, 6.45) is 0.853. The van der Waals surface area contributed by atoms with Gasteiger partial charge in [0.05, 0.1) is 12.2 Å². The number of amides is 1. The zero-order chi connectivity index (χ0) is 10.6. The maximum absolute atomic E-state index is 11.0. The average molecular weight is 194 g/mol. The second-order valence-electron chi connectivity index (χ2n) is 2.96. The van der Waals surface area contributed by atoms with Crippen molar-refractivity contribution in [2.75, 3.05) is 11.9 Å². The smallest absolute Gasteiger partial charge is 0.238 e. The van der Waals surface area contributed by atoms with E-state index in [-0.39, 0.29) is 18.2 Å². The second-order valence-corrected chi connectivity index (χ2v) is 2.96. The summed E-state index contributed by atoms with van der Waals surface area (Å²) in [7, 11) is 0. The fourth-order valence-corrected chi connectivity index (χ4v) is 1.10. The first-order valence-corrected chi connectivity index (χ1v) is 4.49. The number of nitrogens with two attached hydrogens (primary N) is 1. The molecule has 4 N–H and O–H groups in total. The summed E-state index contributed by atoms with van der Waals surface area (Å²) in [6.45, 7) is 1.91. The van der Waals surface area contributed by atoms with Gasteiger partial charge < -0.3 is 16.2 Å². The molecule has 0 heterocycles. The third-order valence-electron chi connectivity index (χ3n) is 1.93. The number of anilines is 1. The van der Waals surface area contributed by atoms with Gasteiger partial charge in [0, 0.05) is 0 Å². The maximum atomic E-state index is 11.0. The van der Waals surface area contributed by atoms with Crippen LogP contribution in [0.5, 0.6) is 5.75 Å². The van der Waals surface area contributed by atoms with Crippen molar-refractivity contribution in [3.8, 4) is 5.75 Å². The Bertz CT molecular complexity index is 337. The molecule has 1 amide bonds. The highest BCUT2D eigenvalue weighted by Gasteiger charge is 2.04. The van der Waals surface area contributed by atoms with E-state index in [4.69, 9.17) is 5.73 Å².